The minimum absolute atomic E-state index is 0.206. The van der Waals surface area contributed by atoms with Gasteiger partial charge in [-0.1, -0.05) is 13.3 Å². The van der Waals surface area contributed by atoms with Gasteiger partial charge in [0.25, 0.3) is 0 Å². The summed E-state index contributed by atoms with van der Waals surface area (Å²) in [7, 11) is 0. The van der Waals surface area contributed by atoms with E-state index < -0.39 is 0 Å². The Morgan fingerprint density at radius 3 is 2.55 bits per heavy atom. The summed E-state index contributed by atoms with van der Waals surface area (Å²) in [6, 6.07) is 0. The molecule has 3 N–H and O–H groups in total. The molecule has 0 heterocycles. The molecule has 0 aromatic rings. The molecule has 0 aromatic carbocycles. The third kappa shape index (κ3) is 9.43. The lowest BCUT2D eigenvalue weighted by molar-refractivity contribution is -0.118. The molecule has 0 unspecified atom stereocenters. The first kappa shape index (κ1) is 10.4. The second kappa shape index (κ2) is 7.54. The maximum absolute atomic E-state index is 10.3. The molecule has 0 fully saturated rings. The van der Waals surface area contributed by atoms with Gasteiger partial charge >= 0.3 is 0 Å². The smallest absolute Gasteiger partial charge is 0.217 e. The number of nitrogens with two attached hydrogens (primary N) is 1. The van der Waals surface area contributed by atoms with Crippen LogP contribution in [0.3, 0.4) is 0 Å². The van der Waals surface area contributed by atoms with Crippen molar-refractivity contribution < 1.29 is 4.79 Å². The Kier molecular flexibility index (Phi) is 7.15. The fourth-order valence-corrected chi connectivity index (χ4v) is 0.814. The summed E-state index contributed by atoms with van der Waals surface area (Å²) in [4.78, 5) is 10.3. The van der Waals surface area contributed by atoms with E-state index in [-0.39, 0.29) is 5.91 Å². The number of unbranched alkanes of at least 4 members (excludes halogenated alkanes) is 1. The Hall–Kier alpha value is -0.570. The minimum Gasteiger partial charge on any atom is -0.370 e. The largest absolute Gasteiger partial charge is 0.370 e. The van der Waals surface area contributed by atoms with Crippen LogP contribution in [0.4, 0.5) is 0 Å². The molecule has 0 spiro atoms. The Bertz CT molecular complexity index is 104. The Balaban J connectivity index is 2.85. The predicted octanol–water partition coefficient (Wildman–Crippen LogP) is 0.642. The van der Waals surface area contributed by atoms with Gasteiger partial charge in [0.15, 0.2) is 0 Å². The van der Waals surface area contributed by atoms with Gasteiger partial charge in [-0.05, 0) is 25.9 Å². The number of carbonyl (C=O) groups is 1. The van der Waals surface area contributed by atoms with Gasteiger partial charge in [-0.2, -0.15) is 0 Å². The van der Waals surface area contributed by atoms with Crippen molar-refractivity contribution in [3.8, 4) is 0 Å². The van der Waals surface area contributed by atoms with E-state index in [4.69, 9.17) is 5.73 Å². The van der Waals surface area contributed by atoms with E-state index in [0.29, 0.717) is 6.42 Å². The van der Waals surface area contributed by atoms with Crippen molar-refractivity contribution in [2.45, 2.75) is 32.6 Å². The molecule has 1 amide bonds. The first-order valence-electron chi connectivity index (χ1n) is 4.26. The van der Waals surface area contributed by atoms with E-state index in [9.17, 15) is 4.79 Å². The molecule has 0 bridgehead atoms. The summed E-state index contributed by atoms with van der Waals surface area (Å²) in [5.41, 5.74) is 4.97. The monoisotopic (exact) mass is 158 g/mol. The highest BCUT2D eigenvalue weighted by Crippen LogP contribution is 1.86. The summed E-state index contributed by atoms with van der Waals surface area (Å²) in [5, 5.41) is 3.23. The third-order valence-electron chi connectivity index (χ3n) is 1.48. The van der Waals surface area contributed by atoms with Gasteiger partial charge in [0.2, 0.25) is 5.91 Å². The van der Waals surface area contributed by atoms with Crippen molar-refractivity contribution >= 4 is 5.91 Å². The Morgan fingerprint density at radius 2 is 2.00 bits per heavy atom. The number of hydrogen-bond acceptors (Lipinski definition) is 2. The van der Waals surface area contributed by atoms with Crippen LogP contribution in [-0.2, 0) is 4.79 Å². The number of hydrogen-bond donors (Lipinski definition) is 2. The highest BCUT2D eigenvalue weighted by atomic mass is 16.1. The normalized spacial score (nSPS) is 9.91. The standard InChI is InChI=1S/C8H18N2O/c1-2-3-6-10-7-4-5-8(9)11/h10H,2-7H2,1H3,(H2,9,11). The maximum Gasteiger partial charge on any atom is 0.217 e. The first-order valence-corrected chi connectivity index (χ1v) is 4.26. The number of rotatable bonds is 7. The van der Waals surface area contributed by atoms with Crippen LogP contribution in [0, 0.1) is 0 Å². The molecule has 3 nitrogen and oxygen atoms in total. The average molecular weight is 158 g/mol. The SMILES string of the molecule is CCCCNCCCC(N)=O. The lowest BCUT2D eigenvalue weighted by atomic mass is 10.3. The summed E-state index contributed by atoms with van der Waals surface area (Å²) in [6.45, 7) is 4.11. The van der Waals surface area contributed by atoms with Crippen molar-refractivity contribution in [1.29, 1.82) is 0 Å². The molecule has 66 valence electrons. The topological polar surface area (TPSA) is 55.1 Å². The van der Waals surface area contributed by atoms with E-state index >= 15 is 0 Å². The van der Waals surface area contributed by atoms with Crippen LogP contribution in [0.15, 0.2) is 0 Å². The van der Waals surface area contributed by atoms with E-state index in [2.05, 4.69) is 12.2 Å². The molecule has 0 aliphatic rings. The second-order valence-electron chi connectivity index (χ2n) is 2.67. The van der Waals surface area contributed by atoms with Crippen LogP contribution < -0.4 is 11.1 Å². The van der Waals surface area contributed by atoms with Crippen molar-refractivity contribution in [2.75, 3.05) is 13.1 Å². The number of nitrogens with one attached hydrogen (secondary N) is 1. The van der Waals surface area contributed by atoms with Crippen LogP contribution >= 0.6 is 0 Å². The molecule has 0 aliphatic heterocycles. The summed E-state index contributed by atoms with van der Waals surface area (Å²) in [5.74, 6) is -0.206. The van der Waals surface area contributed by atoms with E-state index in [1.807, 2.05) is 0 Å². The zero-order valence-corrected chi connectivity index (χ0v) is 7.23. The fourth-order valence-electron chi connectivity index (χ4n) is 0.814. The summed E-state index contributed by atoms with van der Waals surface area (Å²) < 4.78 is 0. The third-order valence-corrected chi connectivity index (χ3v) is 1.48. The highest BCUT2D eigenvalue weighted by Gasteiger charge is 1.92. The highest BCUT2D eigenvalue weighted by molar-refractivity contribution is 5.73. The van der Waals surface area contributed by atoms with Crippen molar-refractivity contribution in [3.05, 3.63) is 0 Å². The van der Waals surface area contributed by atoms with E-state index in [1.54, 1.807) is 0 Å². The van der Waals surface area contributed by atoms with Crippen LogP contribution in [0.5, 0.6) is 0 Å². The van der Waals surface area contributed by atoms with Gasteiger partial charge in [0, 0.05) is 6.42 Å². The van der Waals surface area contributed by atoms with Gasteiger partial charge in [-0.25, -0.2) is 0 Å². The lowest BCUT2D eigenvalue weighted by Crippen LogP contribution is -2.19. The van der Waals surface area contributed by atoms with E-state index in [1.165, 1.54) is 12.8 Å². The molecule has 0 aromatic heterocycles. The number of amides is 1. The number of carbonyl (C=O) groups excluding carboxylic acids is 1. The van der Waals surface area contributed by atoms with Gasteiger partial charge in [0.1, 0.15) is 0 Å². The summed E-state index contributed by atoms with van der Waals surface area (Å²) in [6.07, 6.45) is 3.78. The molecule has 0 saturated heterocycles. The van der Waals surface area contributed by atoms with E-state index in [0.717, 1.165) is 19.5 Å². The molecule has 0 saturated carbocycles. The molecular formula is C8H18N2O. The van der Waals surface area contributed by atoms with Crippen molar-refractivity contribution in [1.82, 2.24) is 5.32 Å². The molecule has 0 radical (unpaired) electrons. The predicted molar refractivity (Wildman–Crippen MR) is 46.2 cm³/mol. The van der Waals surface area contributed by atoms with Crippen LogP contribution in [0.1, 0.15) is 32.6 Å². The minimum atomic E-state index is -0.206. The second-order valence-corrected chi connectivity index (χ2v) is 2.67. The molecule has 3 heteroatoms. The van der Waals surface area contributed by atoms with Crippen molar-refractivity contribution in [2.24, 2.45) is 5.73 Å². The molecule has 11 heavy (non-hydrogen) atoms. The van der Waals surface area contributed by atoms with Crippen molar-refractivity contribution in [3.63, 3.8) is 0 Å². The van der Waals surface area contributed by atoms with Gasteiger partial charge in [-0.3, -0.25) is 4.79 Å². The maximum atomic E-state index is 10.3. The van der Waals surface area contributed by atoms with Gasteiger partial charge < -0.3 is 11.1 Å². The molecule has 0 atom stereocenters. The quantitative estimate of drug-likeness (QED) is 0.534. The lowest BCUT2D eigenvalue weighted by Gasteiger charge is -2.00. The summed E-state index contributed by atoms with van der Waals surface area (Å²) >= 11 is 0. The fraction of sp³-hybridized carbons (Fsp3) is 0.875. The molecule has 0 aliphatic carbocycles. The number of primary amides is 1. The average Bonchev–Trinajstić information content (AvgIpc) is 1.96. The Morgan fingerprint density at radius 1 is 1.36 bits per heavy atom. The van der Waals surface area contributed by atoms with Crippen LogP contribution in [-0.4, -0.2) is 19.0 Å². The van der Waals surface area contributed by atoms with Gasteiger partial charge in [0.05, 0.1) is 0 Å². The van der Waals surface area contributed by atoms with Crippen LogP contribution in [0.25, 0.3) is 0 Å². The van der Waals surface area contributed by atoms with Crippen LogP contribution in [0.2, 0.25) is 0 Å². The molecular weight excluding hydrogens is 140 g/mol. The molecule has 0 rings (SSSR count). The van der Waals surface area contributed by atoms with Gasteiger partial charge in [-0.15, -0.1) is 0 Å². The Labute approximate surface area is 68.3 Å². The zero-order chi connectivity index (χ0) is 8.53. The first-order chi connectivity index (χ1) is 5.27. The zero-order valence-electron chi connectivity index (χ0n) is 7.23.